The third-order valence-corrected chi connectivity index (χ3v) is 4.06. The Kier molecular flexibility index (Phi) is 4.19. The molecule has 1 aromatic rings. The van der Waals surface area contributed by atoms with Gasteiger partial charge in [-0.15, -0.1) is 0 Å². The Labute approximate surface area is 114 Å². The van der Waals surface area contributed by atoms with Crippen molar-refractivity contribution in [2.45, 2.75) is 39.2 Å². The van der Waals surface area contributed by atoms with Crippen molar-refractivity contribution in [2.75, 3.05) is 6.61 Å². The summed E-state index contributed by atoms with van der Waals surface area (Å²) >= 11 is 2.05. The van der Waals surface area contributed by atoms with Crippen LogP contribution in [0.2, 0.25) is 0 Å². The fourth-order valence-electron chi connectivity index (χ4n) is 1.91. The molecule has 0 bridgehead atoms. The summed E-state index contributed by atoms with van der Waals surface area (Å²) in [7, 11) is 0. The van der Waals surface area contributed by atoms with Crippen molar-refractivity contribution in [3.63, 3.8) is 0 Å². The van der Waals surface area contributed by atoms with Gasteiger partial charge in [0, 0.05) is 6.61 Å². The highest BCUT2D eigenvalue weighted by atomic mass is 127. The quantitative estimate of drug-likeness (QED) is 0.832. The molecule has 1 fully saturated rings. The molecule has 17 heavy (non-hydrogen) atoms. The molecular weight excluding hydrogens is 331 g/mol. The average molecular weight is 348 g/mol. The Morgan fingerprint density at radius 3 is 2.76 bits per heavy atom. The molecule has 0 aromatic carbocycles. The van der Waals surface area contributed by atoms with E-state index in [4.69, 9.17) is 4.74 Å². The van der Waals surface area contributed by atoms with Crippen LogP contribution >= 0.6 is 22.6 Å². The van der Waals surface area contributed by atoms with E-state index in [1.54, 1.807) is 0 Å². The molecule has 4 nitrogen and oxygen atoms in total. The Morgan fingerprint density at radius 1 is 1.53 bits per heavy atom. The van der Waals surface area contributed by atoms with Crippen molar-refractivity contribution in [1.29, 1.82) is 0 Å². The molecule has 0 radical (unpaired) electrons. The lowest BCUT2D eigenvalue weighted by Gasteiger charge is -2.16. The van der Waals surface area contributed by atoms with Gasteiger partial charge in [-0.25, -0.2) is 4.98 Å². The average Bonchev–Trinajstić information content (AvgIpc) is 3.13. The maximum atomic E-state index is 11.8. The first kappa shape index (κ1) is 13.0. The van der Waals surface area contributed by atoms with Crippen LogP contribution in [0.5, 0.6) is 0 Å². The van der Waals surface area contributed by atoms with Gasteiger partial charge in [-0.05, 0) is 54.7 Å². The molecule has 1 aliphatic rings. The summed E-state index contributed by atoms with van der Waals surface area (Å²) in [5, 5.41) is 0. The second-order valence-corrected chi connectivity index (χ2v) is 5.36. The number of ether oxygens (including phenoxy) is 1. The number of halogens is 1. The summed E-state index contributed by atoms with van der Waals surface area (Å²) in [6.45, 7) is 4.64. The summed E-state index contributed by atoms with van der Waals surface area (Å²) in [6.07, 6.45) is 3.08. The minimum atomic E-state index is -0.0437. The van der Waals surface area contributed by atoms with Gasteiger partial charge >= 0.3 is 0 Å². The van der Waals surface area contributed by atoms with Gasteiger partial charge < -0.3 is 9.72 Å². The molecule has 1 aliphatic carbocycles. The Bertz CT molecular complexity index is 454. The van der Waals surface area contributed by atoms with Crippen LogP contribution in [0.1, 0.15) is 44.3 Å². The second kappa shape index (κ2) is 5.48. The van der Waals surface area contributed by atoms with Crippen LogP contribution in [0, 0.1) is 9.49 Å². The van der Waals surface area contributed by atoms with Crippen LogP contribution in [0.3, 0.4) is 0 Å². The van der Waals surface area contributed by atoms with Gasteiger partial charge in [0.25, 0.3) is 5.56 Å². The van der Waals surface area contributed by atoms with Crippen LogP contribution in [0.15, 0.2) is 4.79 Å². The molecule has 1 saturated carbocycles. The summed E-state index contributed by atoms with van der Waals surface area (Å²) < 4.78 is 6.41. The van der Waals surface area contributed by atoms with E-state index < -0.39 is 0 Å². The van der Waals surface area contributed by atoms with Gasteiger partial charge in [-0.1, -0.05) is 6.92 Å². The first-order valence-electron chi connectivity index (χ1n) is 6.07. The number of H-pyrrole nitrogens is 1. The Morgan fingerprint density at radius 2 is 2.24 bits per heavy atom. The standard InChI is InChI=1S/C12H17IN2O2/c1-3-8-9(13)12(16)15-11(14-8)10(17-4-2)7-5-6-7/h7,10H,3-6H2,1-2H3,(H,14,15,16). The topological polar surface area (TPSA) is 55.0 Å². The summed E-state index contributed by atoms with van der Waals surface area (Å²) in [5.41, 5.74) is 0.826. The zero-order valence-electron chi connectivity index (χ0n) is 10.1. The lowest BCUT2D eigenvalue weighted by Crippen LogP contribution is -2.22. The predicted molar refractivity (Wildman–Crippen MR) is 74.0 cm³/mol. The summed E-state index contributed by atoms with van der Waals surface area (Å²) in [4.78, 5) is 19.2. The first-order valence-corrected chi connectivity index (χ1v) is 7.15. The molecule has 0 spiro atoms. The van der Waals surface area contributed by atoms with Gasteiger partial charge in [0.05, 0.1) is 9.26 Å². The van der Waals surface area contributed by atoms with Crippen molar-refractivity contribution in [3.8, 4) is 0 Å². The number of aryl methyl sites for hydroxylation is 1. The highest BCUT2D eigenvalue weighted by Gasteiger charge is 2.34. The molecule has 5 heteroatoms. The molecule has 1 N–H and O–H groups in total. The Hall–Kier alpha value is -0.430. The lowest BCUT2D eigenvalue weighted by atomic mass is 10.2. The van der Waals surface area contributed by atoms with E-state index in [-0.39, 0.29) is 11.7 Å². The van der Waals surface area contributed by atoms with Gasteiger partial charge in [0.15, 0.2) is 0 Å². The van der Waals surface area contributed by atoms with Gasteiger partial charge in [0.2, 0.25) is 0 Å². The third-order valence-electron chi connectivity index (χ3n) is 2.95. The normalized spacial score (nSPS) is 17.1. The van der Waals surface area contributed by atoms with Crippen LogP contribution in [-0.4, -0.2) is 16.6 Å². The molecule has 0 saturated heterocycles. The lowest BCUT2D eigenvalue weighted by molar-refractivity contribution is 0.0396. The highest BCUT2D eigenvalue weighted by molar-refractivity contribution is 14.1. The van der Waals surface area contributed by atoms with E-state index in [1.165, 1.54) is 12.8 Å². The molecule has 1 aromatic heterocycles. The highest BCUT2D eigenvalue weighted by Crippen LogP contribution is 2.42. The molecule has 1 atom stereocenters. The minimum Gasteiger partial charge on any atom is -0.370 e. The van der Waals surface area contributed by atoms with Gasteiger partial charge in [0.1, 0.15) is 11.9 Å². The zero-order chi connectivity index (χ0) is 12.4. The second-order valence-electron chi connectivity index (χ2n) is 4.28. The fraction of sp³-hybridized carbons (Fsp3) is 0.667. The molecule has 0 aliphatic heterocycles. The largest absolute Gasteiger partial charge is 0.370 e. The van der Waals surface area contributed by atoms with E-state index in [1.807, 2.05) is 13.8 Å². The number of hydrogen-bond donors (Lipinski definition) is 1. The first-order chi connectivity index (χ1) is 8.17. The fourth-order valence-corrected chi connectivity index (χ4v) is 2.55. The maximum absolute atomic E-state index is 11.8. The van der Waals surface area contributed by atoms with Crippen molar-refractivity contribution >= 4 is 22.6 Å². The van der Waals surface area contributed by atoms with E-state index in [0.717, 1.165) is 12.1 Å². The van der Waals surface area contributed by atoms with E-state index >= 15 is 0 Å². The van der Waals surface area contributed by atoms with Crippen molar-refractivity contribution < 1.29 is 4.74 Å². The smallest absolute Gasteiger partial charge is 0.264 e. The third kappa shape index (κ3) is 2.88. The van der Waals surface area contributed by atoms with E-state index in [2.05, 4.69) is 32.6 Å². The molecule has 94 valence electrons. The number of aromatic amines is 1. The molecular formula is C12H17IN2O2. The van der Waals surface area contributed by atoms with E-state index in [0.29, 0.717) is 21.9 Å². The number of hydrogen-bond acceptors (Lipinski definition) is 3. The number of rotatable bonds is 5. The molecule has 0 amide bonds. The molecule has 1 unspecified atom stereocenters. The van der Waals surface area contributed by atoms with Gasteiger partial charge in [-0.2, -0.15) is 0 Å². The minimum absolute atomic E-state index is 0.0324. The van der Waals surface area contributed by atoms with Crippen molar-refractivity contribution in [2.24, 2.45) is 5.92 Å². The maximum Gasteiger partial charge on any atom is 0.264 e. The Balaban J connectivity index is 2.36. The van der Waals surface area contributed by atoms with Crippen molar-refractivity contribution in [3.05, 3.63) is 25.4 Å². The van der Waals surface area contributed by atoms with Crippen LogP contribution in [0.4, 0.5) is 0 Å². The number of nitrogens with one attached hydrogen (secondary N) is 1. The zero-order valence-corrected chi connectivity index (χ0v) is 12.3. The summed E-state index contributed by atoms with van der Waals surface area (Å²) in [6, 6.07) is 0. The van der Waals surface area contributed by atoms with Gasteiger partial charge in [-0.3, -0.25) is 4.79 Å². The van der Waals surface area contributed by atoms with Crippen LogP contribution in [0.25, 0.3) is 0 Å². The van der Waals surface area contributed by atoms with Crippen molar-refractivity contribution in [1.82, 2.24) is 9.97 Å². The number of aromatic nitrogens is 2. The van der Waals surface area contributed by atoms with Crippen LogP contribution in [-0.2, 0) is 11.2 Å². The SMILES string of the molecule is CCOC(c1nc(CC)c(I)c(=O)[nH]1)C1CC1. The summed E-state index contributed by atoms with van der Waals surface area (Å²) in [5.74, 6) is 1.24. The number of nitrogens with zero attached hydrogens (tertiary/aromatic N) is 1. The molecule has 2 rings (SSSR count). The van der Waals surface area contributed by atoms with E-state index in [9.17, 15) is 4.79 Å². The monoisotopic (exact) mass is 348 g/mol. The molecule has 1 heterocycles. The van der Waals surface area contributed by atoms with Crippen LogP contribution < -0.4 is 5.56 Å². The predicted octanol–water partition coefficient (Wildman–Crippen LogP) is 2.42.